The number of carbonyl (C=O) groups excluding carboxylic acids is 1. The molecule has 0 unspecified atom stereocenters. The molecule has 0 aliphatic heterocycles. The number of carbonyl (C=O) groups is 1. The summed E-state index contributed by atoms with van der Waals surface area (Å²) in [7, 11) is 0. The van der Waals surface area contributed by atoms with Crippen molar-refractivity contribution in [2.75, 3.05) is 11.1 Å². The zero-order chi connectivity index (χ0) is 23.8. The first-order chi connectivity index (χ1) is 15.5. The van der Waals surface area contributed by atoms with E-state index in [1.54, 1.807) is 18.2 Å². The Bertz CT molecular complexity index is 1210. The molecule has 0 saturated carbocycles. The first-order valence-corrected chi connectivity index (χ1v) is 10.7. The Hall–Kier alpha value is -3.08. The van der Waals surface area contributed by atoms with Gasteiger partial charge in [0.25, 0.3) is 0 Å². The van der Waals surface area contributed by atoms with Gasteiger partial charge < -0.3 is 5.32 Å². The van der Waals surface area contributed by atoms with Crippen molar-refractivity contribution in [1.82, 2.24) is 9.97 Å². The van der Waals surface area contributed by atoms with Crippen LogP contribution in [0.3, 0.4) is 0 Å². The van der Waals surface area contributed by atoms with Crippen molar-refractivity contribution >= 4 is 23.4 Å². The van der Waals surface area contributed by atoms with E-state index in [9.17, 15) is 31.1 Å². The van der Waals surface area contributed by atoms with Crippen molar-refractivity contribution in [2.45, 2.75) is 30.4 Å². The van der Waals surface area contributed by atoms with E-state index in [1.165, 1.54) is 6.07 Å². The number of aromatic nitrogens is 2. The number of hydrogen-bond donors (Lipinski definition) is 1. The lowest BCUT2D eigenvalue weighted by Crippen LogP contribution is -2.19. The molecule has 2 aromatic carbocycles. The molecule has 0 radical (unpaired) electrons. The number of alkyl halides is 6. The number of amides is 1. The highest BCUT2D eigenvalue weighted by molar-refractivity contribution is 7.99. The minimum absolute atomic E-state index is 0.0129. The van der Waals surface area contributed by atoms with E-state index in [-0.39, 0.29) is 34.3 Å². The summed E-state index contributed by atoms with van der Waals surface area (Å²) in [5, 5.41) is 2.07. The first kappa shape index (κ1) is 23.1. The Morgan fingerprint density at radius 3 is 2.42 bits per heavy atom. The third-order valence-electron chi connectivity index (χ3n) is 4.98. The van der Waals surface area contributed by atoms with Gasteiger partial charge in [-0.3, -0.25) is 4.79 Å². The van der Waals surface area contributed by atoms with Crippen molar-refractivity contribution in [3.8, 4) is 11.3 Å². The monoisotopic (exact) mass is 483 g/mol. The van der Waals surface area contributed by atoms with Crippen LogP contribution >= 0.6 is 11.8 Å². The van der Waals surface area contributed by atoms with E-state index in [0.717, 1.165) is 23.8 Å². The molecule has 0 fully saturated rings. The van der Waals surface area contributed by atoms with Gasteiger partial charge in [-0.25, -0.2) is 9.97 Å². The number of fused-ring (bicyclic) bond motifs is 3. The number of anilines is 1. The second-order valence-electron chi connectivity index (χ2n) is 7.25. The molecular weight excluding hydrogens is 468 g/mol. The molecule has 0 spiro atoms. The standard InChI is InChI=1S/C22H15F6N3OS/c23-21(24,25)13-5-3-6-14(10-13)29-17(32)11-33-20-30-18-15-7-2-1-4-12(15)8-9-16(18)19(31-20)22(26,27)28/h1-7,10H,8-9,11H2,(H,29,32). The van der Waals surface area contributed by atoms with Gasteiger partial charge >= 0.3 is 12.4 Å². The van der Waals surface area contributed by atoms with Crippen LogP contribution in [0.25, 0.3) is 11.3 Å². The summed E-state index contributed by atoms with van der Waals surface area (Å²) in [4.78, 5) is 20.2. The average Bonchev–Trinajstić information content (AvgIpc) is 2.76. The summed E-state index contributed by atoms with van der Waals surface area (Å²) in [6.07, 6.45) is -8.70. The van der Waals surface area contributed by atoms with Gasteiger partial charge in [-0.15, -0.1) is 0 Å². The topological polar surface area (TPSA) is 54.9 Å². The number of halogens is 6. The Morgan fingerprint density at radius 1 is 0.939 bits per heavy atom. The van der Waals surface area contributed by atoms with E-state index < -0.39 is 29.5 Å². The quantitative estimate of drug-likeness (QED) is 0.281. The highest BCUT2D eigenvalue weighted by Gasteiger charge is 2.39. The smallest absolute Gasteiger partial charge is 0.325 e. The van der Waals surface area contributed by atoms with Gasteiger partial charge in [0.2, 0.25) is 5.91 Å². The van der Waals surface area contributed by atoms with Crippen LogP contribution in [-0.4, -0.2) is 21.6 Å². The lowest BCUT2D eigenvalue weighted by Gasteiger charge is -2.22. The van der Waals surface area contributed by atoms with Gasteiger partial charge in [0.05, 0.1) is 17.0 Å². The van der Waals surface area contributed by atoms with Gasteiger partial charge in [0, 0.05) is 16.8 Å². The molecule has 33 heavy (non-hydrogen) atoms. The van der Waals surface area contributed by atoms with Crippen LogP contribution in [0.1, 0.15) is 22.4 Å². The molecule has 4 rings (SSSR count). The summed E-state index contributed by atoms with van der Waals surface area (Å²) < 4.78 is 79.5. The maximum Gasteiger partial charge on any atom is 0.433 e. The van der Waals surface area contributed by atoms with E-state index in [2.05, 4.69) is 15.3 Å². The van der Waals surface area contributed by atoms with Gasteiger partial charge in [-0.2, -0.15) is 26.3 Å². The first-order valence-electron chi connectivity index (χ1n) is 9.68. The maximum absolute atomic E-state index is 13.7. The number of nitrogens with zero attached hydrogens (tertiary/aromatic N) is 2. The van der Waals surface area contributed by atoms with E-state index in [4.69, 9.17) is 0 Å². The SMILES string of the molecule is O=C(CSc1nc2c(c(C(F)(F)F)n1)CCc1ccccc1-2)Nc1cccc(C(F)(F)F)c1. The zero-order valence-corrected chi connectivity index (χ0v) is 17.5. The van der Waals surface area contributed by atoms with Gasteiger partial charge in [-0.1, -0.05) is 42.1 Å². The molecule has 4 nitrogen and oxygen atoms in total. The predicted molar refractivity (Wildman–Crippen MR) is 111 cm³/mol. The fraction of sp³-hybridized carbons (Fsp3) is 0.227. The molecule has 172 valence electrons. The Labute approximate surface area is 188 Å². The summed E-state index contributed by atoms with van der Waals surface area (Å²) in [5.41, 5.74) is -0.398. The normalized spacial score (nSPS) is 13.3. The molecule has 1 aliphatic rings. The predicted octanol–water partition coefficient (Wildman–Crippen LogP) is 6.01. The summed E-state index contributed by atoms with van der Waals surface area (Å²) in [6, 6.07) is 11.1. The van der Waals surface area contributed by atoms with Crippen molar-refractivity contribution in [1.29, 1.82) is 0 Å². The highest BCUT2D eigenvalue weighted by atomic mass is 32.2. The van der Waals surface area contributed by atoms with Crippen LogP contribution in [0.2, 0.25) is 0 Å². The van der Waals surface area contributed by atoms with Crippen molar-refractivity contribution < 1.29 is 31.1 Å². The Morgan fingerprint density at radius 2 is 1.70 bits per heavy atom. The Balaban J connectivity index is 1.56. The summed E-state index contributed by atoms with van der Waals surface area (Å²) in [6.45, 7) is 0. The fourth-order valence-electron chi connectivity index (χ4n) is 3.55. The number of thioether (sulfide) groups is 1. The molecular formula is C22H15F6N3OS. The number of hydrogen-bond acceptors (Lipinski definition) is 4. The fourth-order valence-corrected chi connectivity index (χ4v) is 4.20. The molecule has 0 bridgehead atoms. The van der Waals surface area contributed by atoms with Gasteiger partial charge in [0.15, 0.2) is 10.9 Å². The lowest BCUT2D eigenvalue weighted by atomic mass is 9.88. The van der Waals surface area contributed by atoms with Crippen molar-refractivity contribution in [3.63, 3.8) is 0 Å². The largest absolute Gasteiger partial charge is 0.433 e. The van der Waals surface area contributed by atoms with E-state index in [0.29, 0.717) is 23.7 Å². The van der Waals surface area contributed by atoms with Crippen LogP contribution in [0.5, 0.6) is 0 Å². The van der Waals surface area contributed by atoms with Crippen LogP contribution in [0, 0.1) is 0 Å². The van der Waals surface area contributed by atoms with Crippen LogP contribution < -0.4 is 5.32 Å². The second-order valence-corrected chi connectivity index (χ2v) is 8.19. The maximum atomic E-state index is 13.7. The van der Waals surface area contributed by atoms with Crippen molar-refractivity contribution in [2.24, 2.45) is 0 Å². The average molecular weight is 483 g/mol. The third kappa shape index (κ3) is 5.13. The molecule has 0 saturated heterocycles. The zero-order valence-electron chi connectivity index (χ0n) is 16.7. The second kappa shape index (κ2) is 8.69. The van der Waals surface area contributed by atoms with Crippen LogP contribution in [-0.2, 0) is 30.0 Å². The molecule has 1 heterocycles. The molecule has 1 aliphatic carbocycles. The molecule has 1 amide bonds. The Kier molecular flexibility index (Phi) is 6.08. The minimum Gasteiger partial charge on any atom is -0.325 e. The third-order valence-corrected chi connectivity index (χ3v) is 5.83. The molecule has 0 atom stereocenters. The van der Waals surface area contributed by atoms with E-state index >= 15 is 0 Å². The molecule has 3 aromatic rings. The van der Waals surface area contributed by atoms with Crippen molar-refractivity contribution in [3.05, 3.63) is 70.9 Å². The van der Waals surface area contributed by atoms with Gasteiger partial charge in [0.1, 0.15) is 0 Å². The summed E-state index contributed by atoms with van der Waals surface area (Å²) >= 11 is 0.679. The lowest BCUT2D eigenvalue weighted by molar-refractivity contribution is -0.142. The molecule has 1 N–H and O–H groups in total. The number of nitrogens with one attached hydrogen (secondary N) is 1. The summed E-state index contributed by atoms with van der Waals surface area (Å²) in [5.74, 6) is -1.08. The highest BCUT2D eigenvalue weighted by Crippen LogP contribution is 2.40. The minimum atomic E-state index is -4.70. The number of benzene rings is 2. The van der Waals surface area contributed by atoms with Gasteiger partial charge in [-0.05, 0) is 36.6 Å². The van der Waals surface area contributed by atoms with Crippen LogP contribution in [0.15, 0.2) is 53.7 Å². The van der Waals surface area contributed by atoms with E-state index in [1.807, 2.05) is 6.07 Å². The molecule has 1 aromatic heterocycles. The van der Waals surface area contributed by atoms with Crippen LogP contribution in [0.4, 0.5) is 32.0 Å². The molecule has 11 heteroatoms. The number of aryl methyl sites for hydroxylation is 1. The number of rotatable bonds is 4.